The van der Waals surface area contributed by atoms with Gasteiger partial charge in [-0.25, -0.2) is 14.2 Å². The van der Waals surface area contributed by atoms with Crippen molar-refractivity contribution in [2.24, 2.45) is 0 Å². The van der Waals surface area contributed by atoms with Gasteiger partial charge in [-0.1, -0.05) is 61.7 Å². The molecule has 2 aromatic carbocycles. The highest BCUT2D eigenvalue weighted by atomic mass is 19.1. The summed E-state index contributed by atoms with van der Waals surface area (Å²) in [6, 6.07) is 10.9. The predicted octanol–water partition coefficient (Wildman–Crippen LogP) is 7.66. The minimum Gasteiger partial charge on any atom is -0.471 e. The molecule has 2 bridgehead atoms. The molecule has 11 heteroatoms. The highest BCUT2D eigenvalue weighted by Crippen LogP contribution is 2.48. The molecule has 2 aromatic heterocycles. The van der Waals surface area contributed by atoms with Crippen LogP contribution in [0, 0.1) is 18.2 Å². The summed E-state index contributed by atoms with van der Waals surface area (Å²) in [4.78, 5) is 35.3. The molecular formula is C43H47FN6O4. The molecule has 0 saturated carbocycles. The summed E-state index contributed by atoms with van der Waals surface area (Å²) in [5.74, 6) is 2.97. The largest absolute Gasteiger partial charge is 0.471 e. The molecule has 4 fully saturated rings. The van der Waals surface area contributed by atoms with Crippen LogP contribution in [-0.2, 0) is 4.74 Å². The van der Waals surface area contributed by atoms with Gasteiger partial charge in [0.2, 0.25) is 5.88 Å². The van der Waals surface area contributed by atoms with E-state index in [1.165, 1.54) is 5.57 Å². The lowest BCUT2D eigenvalue weighted by Crippen LogP contribution is -2.65. The topological polar surface area (TPSA) is 93.2 Å². The number of rotatable bonds is 6. The Kier molecular flexibility index (Phi) is 8.27. The molecule has 5 aliphatic heterocycles. The van der Waals surface area contributed by atoms with E-state index >= 15 is 4.39 Å². The number of anilines is 1. The molecule has 10 nitrogen and oxygen atoms in total. The lowest BCUT2D eigenvalue weighted by molar-refractivity contribution is -0.000969. The first kappa shape index (κ1) is 34.8. The van der Waals surface area contributed by atoms with Crippen LogP contribution >= 0.6 is 0 Å². The van der Waals surface area contributed by atoms with E-state index in [0.717, 1.165) is 62.4 Å². The first-order valence-electron chi connectivity index (χ1n) is 19.4. The quantitative estimate of drug-likeness (QED) is 0.147. The Morgan fingerprint density at radius 2 is 1.96 bits per heavy atom. The minimum atomic E-state index is -0.642. The van der Waals surface area contributed by atoms with Gasteiger partial charge in [-0.15, -0.1) is 6.42 Å². The van der Waals surface area contributed by atoms with Gasteiger partial charge in [0.25, 0.3) is 0 Å². The SMILES string of the molecule is C#Cc1cccc2cccc(-c3nc4c5c(nc(OCC67CCCN6CC(=C)C7)nc5c3F)N3C[C@H]5CC[C@@H]([C@H]3[C@H](CCC)O4)N5C(=O)OC(C)(C)C)c12. The molecule has 4 saturated heterocycles. The van der Waals surface area contributed by atoms with Crippen LogP contribution in [0.2, 0.25) is 0 Å². The molecule has 0 radical (unpaired) electrons. The van der Waals surface area contributed by atoms with Crippen molar-refractivity contribution in [2.75, 3.05) is 31.1 Å². The maximum Gasteiger partial charge on any atom is 0.410 e. The van der Waals surface area contributed by atoms with E-state index in [4.69, 9.17) is 35.6 Å². The fourth-order valence-electron chi connectivity index (χ4n) is 9.93. The standard InChI is InChI=1S/C43H47FN6O4/c1-7-12-31-37-30-18-17-28(50(30)41(51)54-42(4,5)6)23-49(37)38-33-36(46-40(47-38)52-24-43-19-11-20-48(43)22-25(3)21-43)34(44)35(45-39(33)53-31)29-16-10-15-27-14-9-13-26(8-2)32(27)29/h2,9-10,13-16,28,30-31,37H,3,7,11-12,17-24H2,1,4-6H3/t28-,30+,31+,37+,43?/m1/s1. The number of nitrogens with zero attached hydrogens (tertiary/aromatic N) is 6. The number of fused-ring (bicyclic) bond motifs is 7. The van der Waals surface area contributed by atoms with Crippen LogP contribution in [0.1, 0.15) is 78.2 Å². The molecule has 0 N–H and O–H groups in total. The van der Waals surface area contributed by atoms with Crippen molar-refractivity contribution in [3.63, 3.8) is 0 Å². The zero-order chi connectivity index (χ0) is 37.5. The number of carbonyl (C=O) groups excluding carboxylic acids is 1. The smallest absolute Gasteiger partial charge is 0.410 e. The first-order valence-corrected chi connectivity index (χ1v) is 19.4. The first-order chi connectivity index (χ1) is 26.0. The molecule has 5 aliphatic rings. The summed E-state index contributed by atoms with van der Waals surface area (Å²) in [7, 11) is 0. The normalized spacial score (nSPS) is 26.0. The second kappa shape index (κ2) is 12.8. The van der Waals surface area contributed by atoms with Gasteiger partial charge < -0.3 is 19.1 Å². The summed E-state index contributed by atoms with van der Waals surface area (Å²) in [6.45, 7) is 14.8. The Morgan fingerprint density at radius 1 is 1.15 bits per heavy atom. The summed E-state index contributed by atoms with van der Waals surface area (Å²) in [5.41, 5.74) is 1.74. The molecule has 1 amide bonds. The van der Waals surface area contributed by atoms with Crippen LogP contribution in [0.15, 0.2) is 48.6 Å². The van der Waals surface area contributed by atoms with E-state index in [1.54, 1.807) is 0 Å². The average Bonchev–Trinajstić information content (AvgIpc) is 3.75. The lowest BCUT2D eigenvalue weighted by Gasteiger charge is -2.48. The number of amides is 1. The minimum absolute atomic E-state index is 0.0830. The van der Waals surface area contributed by atoms with E-state index in [-0.39, 0.29) is 59.0 Å². The van der Waals surface area contributed by atoms with Crippen molar-refractivity contribution in [2.45, 2.75) is 108 Å². The van der Waals surface area contributed by atoms with Crippen molar-refractivity contribution in [3.8, 4) is 35.5 Å². The molecule has 4 aromatic rings. The van der Waals surface area contributed by atoms with E-state index in [1.807, 2.05) is 62.1 Å². The predicted molar refractivity (Wildman–Crippen MR) is 206 cm³/mol. The van der Waals surface area contributed by atoms with Gasteiger partial charge in [-0.05, 0) is 77.3 Å². The molecule has 0 aliphatic carbocycles. The third kappa shape index (κ3) is 5.55. The number of aromatic nitrogens is 3. The highest BCUT2D eigenvalue weighted by Gasteiger charge is 2.55. The van der Waals surface area contributed by atoms with Crippen molar-refractivity contribution in [1.29, 1.82) is 0 Å². The van der Waals surface area contributed by atoms with Gasteiger partial charge in [0.15, 0.2) is 5.82 Å². The number of terminal acetylenes is 1. The summed E-state index contributed by atoms with van der Waals surface area (Å²) >= 11 is 0. The number of ether oxygens (including phenoxy) is 3. The molecule has 1 unspecified atom stereocenters. The second-order valence-electron chi connectivity index (χ2n) is 16.7. The van der Waals surface area contributed by atoms with E-state index in [9.17, 15) is 4.79 Å². The number of carbonyl (C=O) groups is 1. The fraction of sp³-hybridized carbons (Fsp3) is 0.488. The number of hydrogen-bond acceptors (Lipinski definition) is 9. The Morgan fingerprint density at radius 3 is 2.74 bits per heavy atom. The van der Waals surface area contributed by atoms with Gasteiger partial charge in [0.1, 0.15) is 40.7 Å². The number of halogens is 1. The zero-order valence-corrected chi connectivity index (χ0v) is 31.5. The van der Waals surface area contributed by atoms with Crippen molar-refractivity contribution in [1.82, 2.24) is 24.8 Å². The van der Waals surface area contributed by atoms with Crippen LogP contribution in [0.25, 0.3) is 32.9 Å². The molecule has 280 valence electrons. The summed E-state index contributed by atoms with van der Waals surface area (Å²) in [6.07, 6.45) is 11.3. The van der Waals surface area contributed by atoms with E-state index < -0.39 is 11.4 Å². The van der Waals surface area contributed by atoms with Crippen molar-refractivity contribution in [3.05, 3.63) is 59.9 Å². The fourth-order valence-corrected chi connectivity index (χ4v) is 9.93. The molecule has 0 spiro atoms. The van der Waals surface area contributed by atoms with E-state index in [2.05, 4.69) is 29.2 Å². The van der Waals surface area contributed by atoms with Crippen LogP contribution in [0.3, 0.4) is 0 Å². The molecule has 5 atom stereocenters. The highest BCUT2D eigenvalue weighted by molar-refractivity contribution is 6.03. The van der Waals surface area contributed by atoms with Crippen LogP contribution in [0.4, 0.5) is 15.0 Å². The Hall–Kier alpha value is -4.95. The van der Waals surface area contributed by atoms with Gasteiger partial charge in [-0.3, -0.25) is 9.80 Å². The van der Waals surface area contributed by atoms with Gasteiger partial charge in [0.05, 0.1) is 23.7 Å². The molecule has 54 heavy (non-hydrogen) atoms. The second-order valence-corrected chi connectivity index (χ2v) is 16.7. The number of pyridine rings is 1. The number of hydrogen-bond donors (Lipinski definition) is 0. The van der Waals surface area contributed by atoms with Gasteiger partial charge in [0, 0.05) is 29.6 Å². The van der Waals surface area contributed by atoms with E-state index in [0.29, 0.717) is 41.9 Å². The lowest BCUT2D eigenvalue weighted by atomic mass is 9.94. The molecule has 7 heterocycles. The molecule has 9 rings (SSSR count). The maximum absolute atomic E-state index is 17.5. The number of piperazine rings is 1. The van der Waals surface area contributed by atoms with Gasteiger partial charge >= 0.3 is 12.1 Å². The van der Waals surface area contributed by atoms with Crippen molar-refractivity contribution < 1.29 is 23.4 Å². The monoisotopic (exact) mass is 730 g/mol. The summed E-state index contributed by atoms with van der Waals surface area (Å²) < 4.78 is 37.0. The zero-order valence-electron chi connectivity index (χ0n) is 31.5. The summed E-state index contributed by atoms with van der Waals surface area (Å²) in [5, 5.41) is 2.01. The van der Waals surface area contributed by atoms with Crippen LogP contribution < -0.4 is 14.4 Å². The number of benzene rings is 2. The third-order valence-corrected chi connectivity index (χ3v) is 12.0. The van der Waals surface area contributed by atoms with Crippen molar-refractivity contribution >= 4 is 33.6 Å². The van der Waals surface area contributed by atoms with Crippen LogP contribution in [0.5, 0.6) is 11.9 Å². The maximum atomic E-state index is 17.5. The van der Waals surface area contributed by atoms with Gasteiger partial charge in [-0.2, -0.15) is 9.97 Å². The molecular weight excluding hydrogens is 684 g/mol. The Labute approximate surface area is 315 Å². The Balaban J connectivity index is 1.23. The third-order valence-electron chi connectivity index (χ3n) is 12.0. The average molecular weight is 731 g/mol. The van der Waals surface area contributed by atoms with Crippen LogP contribution in [-0.4, -0.2) is 92.5 Å². The Bertz CT molecular complexity index is 2240.